The van der Waals surface area contributed by atoms with Crippen molar-refractivity contribution < 1.29 is 4.79 Å². The smallest absolute Gasteiger partial charge is 0.233 e. The third-order valence-corrected chi connectivity index (χ3v) is 5.13. The topological polar surface area (TPSA) is 59.8 Å². The highest BCUT2D eigenvalue weighted by molar-refractivity contribution is 8.00. The Morgan fingerprint density at radius 1 is 1.08 bits per heavy atom. The van der Waals surface area contributed by atoms with Gasteiger partial charge in [0.15, 0.2) is 11.0 Å². The van der Waals surface area contributed by atoms with Gasteiger partial charge in [-0.2, -0.15) is 0 Å². The van der Waals surface area contributed by atoms with Gasteiger partial charge in [0.2, 0.25) is 5.91 Å². The fourth-order valence-corrected chi connectivity index (χ4v) is 3.29. The molecule has 142 valence electrons. The van der Waals surface area contributed by atoms with Crippen LogP contribution < -0.4 is 5.32 Å². The molecule has 0 spiro atoms. The second kappa shape index (κ2) is 7.43. The first-order valence-corrected chi connectivity index (χ1v) is 9.75. The van der Waals surface area contributed by atoms with Crippen LogP contribution in [0.1, 0.15) is 54.0 Å². The number of nitrogens with zero attached hydrogens (tertiary/aromatic N) is 3. The molecule has 26 heavy (non-hydrogen) atoms. The maximum absolute atomic E-state index is 12.3. The Bertz CT molecular complexity index is 767. The maximum Gasteiger partial charge on any atom is 0.233 e. The van der Waals surface area contributed by atoms with Crippen LogP contribution in [0.15, 0.2) is 29.4 Å². The number of hydrogen-bond donors (Lipinski definition) is 1. The largest absolute Gasteiger partial charge is 0.351 e. The summed E-state index contributed by atoms with van der Waals surface area (Å²) in [6.45, 7) is 14.4. The number of carbonyl (C=O) groups excluding carboxylic acids is 1. The van der Waals surface area contributed by atoms with Crippen molar-refractivity contribution in [1.29, 1.82) is 0 Å². The molecule has 2 aromatic rings. The van der Waals surface area contributed by atoms with Crippen LogP contribution in [0.2, 0.25) is 0 Å². The summed E-state index contributed by atoms with van der Waals surface area (Å²) in [4.78, 5) is 12.3. The van der Waals surface area contributed by atoms with Crippen LogP contribution in [0.4, 0.5) is 0 Å². The number of carbonyl (C=O) groups is 1. The summed E-state index contributed by atoms with van der Waals surface area (Å²) in [6, 6.07) is 8.43. The first-order valence-electron chi connectivity index (χ1n) is 8.87. The number of aromatic nitrogens is 3. The van der Waals surface area contributed by atoms with Crippen LogP contribution in [0, 0.1) is 0 Å². The Morgan fingerprint density at radius 2 is 1.65 bits per heavy atom. The lowest BCUT2D eigenvalue weighted by atomic mass is 9.87. The molecule has 0 saturated carbocycles. The quantitative estimate of drug-likeness (QED) is 0.816. The summed E-state index contributed by atoms with van der Waals surface area (Å²) in [6.07, 6.45) is 0. The molecule has 5 nitrogen and oxygen atoms in total. The van der Waals surface area contributed by atoms with Gasteiger partial charge in [-0.05, 0) is 38.7 Å². The molecule has 0 aliphatic rings. The molecule has 0 bridgehead atoms. The van der Waals surface area contributed by atoms with E-state index in [9.17, 15) is 4.79 Å². The third-order valence-electron chi connectivity index (χ3n) is 3.99. The van der Waals surface area contributed by atoms with Crippen molar-refractivity contribution in [2.75, 3.05) is 0 Å². The molecular formula is C20H30N4OS. The summed E-state index contributed by atoms with van der Waals surface area (Å²) >= 11 is 1.42. The summed E-state index contributed by atoms with van der Waals surface area (Å²) < 4.78 is 1.94. The minimum Gasteiger partial charge on any atom is -0.351 e. The number of amides is 1. The van der Waals surface area contributed by atoms with E-state index in [0.717, 1.165) is 16.5 Å². The van der Waals surface area contributed by atoms with Crippen LogP contribution in [-0.2, 0) is 17.3 Å². The third kappa shape index (κ3) is 5.10. The van der Waals surface area contributed by atoms with Crippen molar-refractivity contribution >= 4 is 17.7 Å². The molecule has 1 aromatic heterocycles. The van der Waals surface area contributed by atoms with E-state index in [2.05, 4.69) is 60.6 Å². The Hall–Kier alpha value is -1.82. The molecule has 1 aromatic carbocycles. The Balaban J connectivity index is 2.16. The standard InChI is InChI=1S/C20H30N4OS/c1-13(17(25)21-20(5,6)7)26-18-23-22-16(24(18)8)14-9-11-15(12-10-14)19(2,3)4/h9-13H,1-8H3,(H,21,25). The van der Waals surface area contributed by atoms with E-state index in [0.29, 0.717) is 0 Å². The van der Waals surface area contributed by atoms with Crippen molar-refractivity contribution in [2.45, 2.75) is 69.8 Å². The van der Waals surface area contributed by atoms with Gasteiger partial charge >= 0.3 is 0 Å². The molecule has 1 N–H and O–H groups in total. The number of rotatable bonds is 4. The predicted molar refractivity (Wildman–Crippen MR) is 108 cm³/mol. The molecule has 2 rings (SSSR count). The highest BCUT2D eigenvalue weighted by atomic mass is 32.2. The number of nitrogens with one attached hydrogen (secondary N) is 1. The first-order chi connectivity index (χ1) is 11.9. The Kier molecular flexibility index (Phi) is 5.85. The summed E-state index contributed by atoms with van der Waals surface area (Å²) in [5.74, 6) is 0.804. The molecule has 0 aliphatic heterocycles. The zero-order valence-electron chi connectivity index (χ0n) is 17.0. The lowest BCUT2D eigenvalue weighted by Crippen LogP contribution is -2.44. The van der Waals surface area contributed by atoms with Crippen molar-refractivity contribution in [2.24, 2.45) is 7.05 Å². The van der Waals surface area contributed by atoms with Gasteiger partial charge in [-0.3, -0.25) is 4.79 Å². The minimum absolute atomic E-state index is 0.00146. The summed E-state index contributed by atoms with van der Waals surface area (Å²) in [5.41, 5.74) is 2.18. The lowest BCUT2D eigenvalue weighted by molar-refractivity contribution is -0.121. The van der Waals surface area contributed by atoms with Crippen molar-refractivity contribution in [3.05, 3.63) is 29.8 Å². The fourth-order valence-electron chi connectivity index (χ4n) is 2.47. The molecular weight excluding hydrogens is 344 g/mol. The van der Waals surface area contributed by atoms with Crippen LogP contribution in [0.5, 0.6) is 0 Å². The fraction of sp³-hybridized carbons (Fsp3) is 0.550. The van der Waals surface area contributed by atoms with E-state index in [-0.39, 0.29) is 22.1 Å². The molecule has 1 atom stereocenters. The van der Waals surface area contributed by atoms with E-state index < -0.39 is 0 Å². The Labute approximate surface area is 161 Å². The highest BCUT2D eigenvalue weighted by Gasteiger charge is 2.23. The van der Waals surface area contributed by atoms with Gasteiger partial charge in [0.1, 0.15) is 0 Å². The average Bonchev–Trinajstić information content (AvgIpc) is 2.86. The van der Waals surface area contributed by atoms with Gasteiger partial charge in [-0.25, -0.2) is 0 Å². The van der Waals surface area contributed by atoms with Gasteiger partial charge in [0, 0.05) is 18.2 Å². The van der Waals surface area contributed by atoms with Gasteiger partial charge < -0.3 is 9.88 Å². The van der Waals surface area contributed by atoms with Crippen LogP contribution in [-0.4, -0.2) is 31.5 Å². The maximum atomic E-state index is 12.3. The lowest BCUT2D eigenvalue weighted by Gasteiger charge is -2.22. The highest BCUT2D eigenvalue weighted by Crippen LogP contribution is 2.28. The van der Waals surface area contributed by atoms with E-state index in [1.54, 1.807) is 0 Å². The number of hydrogen-bond acceptors (Lipinski definition) is 4. The SMILES string of the molecule is CC(Sc1nnc(-c2ccc(C(C)(C)C)cc2)n1C)C(=O)NC(C)(C)C. The molecule has 0 saturated heterocycles. The number of thioether (sulfide) groups is 1. The van der Waals surface area contributed by atoms with Gasteiger partial charge in [-0.15, -0.1) is 10.2 Å². The average molecular weight is 375 g/mol. The Morgan fingerprint density at radius 3 is 2.15 bits per heavy atom. The zero-order chi connectivity index (χ0) is 19.7. The minimum atomic E-state index is -0.244. The van der Waals surface area contributed by atoms with Gasteiger partial charge in [-0.1, -0.05) is 56.8 Å². The molecule has 0 fully saturated rings. The molecule has 1 unspecified atom stereocenters. The van der Waals surface area contributed by atoms with Gasteiger partial charge in [0.05, 0.1) is 5.25 Å². The van der Waals surface area contributed by atoms with Crippen LogP contribution in [0.25, 0.3) is 11.4 Å². The molecule has 0 aliphatic carbocycles. The van der Waals surface area contributed by atoms with Crippen molar-refractivity contribution in [3.63, 3.8) is 0 Å². The molecule has 0 radical (unpaired) electrons. The van der Waals surface area contributed by atoms with E-state index in [4.69, 9.17) is 0 Å². The van der Waals surface area contributed by atoms with Crippen LogP contribution >= 0.6 is 11.8 Å². The second-order valence-corrected chi connectivity index (χ2v) is 10.00. The van der Waals surface area contributed by atoms with E-state index >= 15 is 0 Å². The van der Waals surface area contributed by atoms with E-state index in [1.165, 1.54) is 17.3 Å². The monoisotopic (exact) mass is 374 g/mol. The van der Waals surface area contributed by atoms with Crippen molar-refractivity contribution in [3.8, 4) is 11.4 Å². The summed E-state index contributed by atoms with van der Waals surface area (Å²) in [7, 11) is 1.93. The van der Waals surface area contributed by atoms with Crippen LogP contribution in [0.3, 0.4) is 0 Å². The summed E-state index contributed by atoms with van der Waals surface area (Å²) in [5, 5.41) is 12.1. The predicted octanol–water partition coefficient (Wildman–Crippen LogP) is 4.17. The molecule has 6 heteroatoms. The van der Waals surface area contributed by atoms with Crippen molar-refractivity contribution in [1.82, 2.24) is 20.1 Å². The number of benzene rings is 1. The first kappa shape index (κ1) is 20.5. The molecule has 1 heterocycles. The zero-order valence-corrected chi connectivity index (χ0v) is 17.9. The second-order valence-electron chi connectivity index (χ2n) is 8.69. The normalized spacial score (nSPS) is 13.5. The van der Waals surface area contributed by atoms with E-state index in [1.807, 2.05) is 39.3 Å². The molecule has 1 amide bonds. The van der Waals surface area contributed by atoms with Gasteiger partial charge in [0.25, 0.3) is 0 Å².